The number of carbonyl (C=O) groups excluding carboxylic acids is 2. The Hall–Kier alpha value is -3.67. The number of H-pyrrole nitrogens is 1. The second kappa shape index (κ2) is 9.50. The van der Waals surface area contributed by atoms with E-state index in [4.69, 9.17) is 4.74 Å². The summed E-state index contributed by atoms with van der Waals surface area (Å²) in [5.41, 5.74) is 1.25. The lowest BCUT2D eigenvalue weighted by Crippen LogP contribution is -2.39. The number of hydrogen-bond acceptors (Lipinski definition) is 4. The topological polar surface area (TPSA) is 79.5 Å². The summed E-state index contributed by atoms with van der Waals surface area (Å²) in [5.74, 6) is -1.16. The number of rotatable bonds is 7. The lowest BCUT2D eigenvalue weighted by Gasteiger charge is -2.26. The van der Waals surface area contributed by atoms with E-state index in [1.165, 1.54) is 25.3 Å². The molecule has 3 aromatic rings. The zero-order valence-electron chi connectivity index (χ0n) is 16.1. The van der Waals surface area contributed by atoms with Crippen LogP contribution in [0, 0.1) is 0 Å². The monoisotopic (exact) mass is 390 g/mol. The summed E-state index contributed by atoms with van der Waals surface area (Å²) in [6.07, 6.45) is 0.393. The van der Waals surface area contributed by atoms with Crippen molar-refractivity contribution in [2.45, 2.75) is 26.1 Å². The second-order valence-electron chi connectivity index (χ2n) is 6.63. The van der Waals surface area contributed by atoms with Gasteiger partial charge in [0.15, 0.2) is 6.10 Å². The minimum absolute atomic E-state index is 0.134. The Morgan fingerprint density at radius 1 is 0.897 bits per heavy atom. The van der Waals surface area contributed by atoms with Gasteiger partial charge in [0.1, 0.15) is 5.56 Å². The Morgan fingerprint density at radius 3 is 1.97 bits per heavy atom. The standard InChI is InChI=1S/C23H22N2O4/c1-17(29-23(28)20-13-8-14-24-21(20)26)22(27)25(15-18-9-4-2-5-10-18)16-19-11-6-3-7-12-19/h2-14,17H,15-16H2,1H3,(H,24,26). The molecule has 1 heterocycles. The van der Waals surface area contributed by atoms with Crippen LogP contribution in [0.25, 0.3) is 0 Å². The van der Waals surface area contributed by atoms with Gasteiger partial charge in [-0.15, -0.1) is 0 Å². The van der Waals surface area contributed by atoms with Crippen LogP contribution in [0.4, 0.5) is 0 Å². The van der Waals surface area contributed by atoms with Gasteiger partial charge in [0.2, 0.25) is 0 Å². The minimum Gasteiger partial charge on any atom is -0.449 e. The Balaban J connectivity index is 1.76. The summed E-state index contributed by atoms with van der Waals surface area (Å²) in [6, 6.07) is 22.1. The highest BCUT2D eigenvalue weighted by atomic mass is 16.5. The van der Waals surface area contributed by atoms with Crippen molar-refractivity contribution in [3.63, 3.8) is 0 Å². The highest BCUT2D eigenvalue weighted by molar-refractivity contribution is 5.91. The molecule has 6 nitrogen and oxygen atoms in total. The third-order valence-electron chi connectivity index (χ3n) is 4.41. The zero-order chi connectivity index (χ0) is 20.6. The maximum atomic E-state index is 13.1. The van der Waals surface area contributed by atoms with Crippen LogP contribution in [0.3, 0.4) is 0 Å². The van der Waals surface area contributed by atoms with Crippen molar-refractivity contribution < 1.29 is 14.3 Å². The molecule has 1 N–H and O–H groups in total. The van der Waals surface area contributed by atoms with Crippen LogP contribution >= 0.6 is 0 Å². The number of amides is 1. The fourth-order valence-corrected chi connectivity index (χ4v) is 2.93. The normalized spacial score (nSPS) is 11.5. The number of hydrogen-bond donors (Lipinski definition) is 1. The summed E-state index contributed by atoms with van der Waals surface area (Å²) < 4.78 is 5.29. The Labute approximate surface area is 168 Å². The second-order valence-corrected chi connectivity index (χ2v) is 6.63. The van der Waals surface area contributed by atoms with Crippen LogP contribution < -0.4 is 5.56 Å². The number of aromatic amines is 1. The molecule has 0 radical (unpaired) electrons. The molecule has 0 fully saturated rings. The molecule has 1 unspecified atom stereocenters. The summed E-state index contributed by atoms with van der Waals surface area (Å²) in [4.78, 5) is 41.2. The molecule has 1 atom stereocenters. The van der Waals surface area contributed by atoms with Crippen molar-refractivity contribution in [2.75, 3.05) is 0 Å². The van der Waals surface area contributed by atoms with E-state index in [-0.39, 0.29) is 11.5 Å². The number of nitrogens with zero attached hydrogens (tertiary/aromatic N) is 1. The first-order valence-electron chi connectivity index (χ1n) is 9.30. The molecular formula is C23H22N2O4. The fraction of sp³-hybridized carbons (Fsp3) is 0.174. The van der Waals surface area contributed by atoms with Crippen LogP contribution in [0.2, 0.25) is 0 Å². The molecule has 2 aromatic carbocycles. The molecule has 0 bridgehead atoms. The SMILES string of the molecule is CC(OC(=O)c1ccc[nH]c1=O)C(=O)N(Cc1ccccc1)Cc1ccccc1. The van der Waals surface area contributed by atoms with E-state index in [1.807, 2.05) is 60.7 Å². The molecule has 3 rings (SSSR count). The van der Waals surface area contributed by atoms with Gasteiger partial charge >= 0.3 is 5.97 Å². The zero-order valence-corrected chi connectivity index (χ0v) is 16.1. The average Bonchev–Trinajstić information content (AvgIpc) is 2.74. The van der Waals surface area contributed by atoms with Crippen LogP contribution in [-0.4, -0.2) is 27.9 Å². The predicted octanol–water partition coefficient (Wildman–Crippen LogP) is 3.15. The summed E-state index contributed by atoms with van der Waals surface area (Å²) in [7, 11) is 0. The van der Waals surface area contributed by atoms with Crippen molar-refractivity contribution in [1.82, 2.24) is 9.88 Å². The van der Waals surface area contributed by atoms with Crippen LogP contribution in [0.5, 0.6) is 0 Å². The summed E-state index contributed by atoms with van der Waals surface area (Å²) in [5, 5.41) is 0. The number of pyridine rings is 1. The molecule has 0 saturated carbocycles. The van der Waals surface area contributed by atoms with Gasteiger partial charge in [-0.3, -0.25) is 9.59 Å². The van der Waals surface area contributed by atoms with Gasteiger partial charge in [0, 0.05) is 19.3 Å². The third-order valence-corrected chi connectivity index (χ3v) is 4.41. The van der Waals surface area contributed by atoms with Crippen molar-refractivity contribution in [3.05, 3.63) is 106 Å². The number of ether oxygens (including phenoxy) is 1. The first-order valence-corrected chi connectivity index (χ1v) is 9.30. The maximum absolute atomic E-state index is 13.1. The van der Waals surface area contributed by atoms with Crippen molar-refractivity contribution in [1.29, 1.82) is 0 Å². The van der Waals surface area contributed by atoms with E-state index >= 15 is 0 Å². The first kappa shape index (κ1) is 20.1. The van der Waals surface area contributed by atoms with E-state index in [0.717, 1.165) is 11.1 Å². The number of aromatic nitrogens is 1. The van der Waals surface area contributed by atoms with Gasteiger partial charge in [0.05, 0.1) is 0 Å². The van der Waals surface area contributed by atoms with Crippen molar-refractivity contribution >= 4 is 11.9 Å². The molecule has 6 heteroatoms. The van der Waals surface area contributed by atoms with E-state index in [2.05, 4.69) is 4.98 Å². The summed E-state index contributed by atoms with van der Waals surface area (Å²) >= 11 is 0. The Bertz CT molecular complexity index is 974. The Kier molecular flexibility index (Phi) is 6.58. The molecule has 1 aromatic heterocycles. The van der Waals surface area contributed by atoms with Crippen molar-refractivity contribution in [3.8, 4) is 0 Å². The maximum Gasteiger partial charge on any atom is 0.344 e. The molecule has 0 aliphatic carbocycles. The largest absolute Gasteiger partial charge is 0.449 e. The van der Waals surface area contributed by atoms with E-state index in [9.17, 15) is 14.4 Å². The average molecular weight is 390 g/mol. The highest BCUT2D eigenvalue weighted by Gasteiger charge is 2.25. The quantitative estimate of drug-likeness (QED) is 0.629. The number of esters is 1. The fourth-order valence-electron chi connectivity index (χ4n) is 2.93. The molecule has 0 saturated heterocycles. The van der Waals surface area contributed by atoms with Gasteiger partial charge in [-0.05, 0) is 30.2 Å². The molecule has 0 aliphatic heterocycles. The molecular weight excluding hydrogens is 368 g/mol. The van der Waals surface area contributed by atoms with Crippen LogP contribution in [-0.2, 0) is 22.6 Å². The van der Waals surface area contributed by atoms with Crippen molar-refractivity contribution in [2.24, 2.45) is 0 Å². The van der Waals surface area contributed by atoms with Gasteiger partial charge < -0.3 is 14.6 Å². The van der Waals surface area contributed by atoms with Gasteiger partial charge in [-0.2, -0.15) is 0 Å². The molecule has 0 aliphatic rings. The smallest absolute Gasteiger partial charge is 0.344 e. The van der Waals surface area contributed by atoms with Gasteiger partial charge in [0.25, 0.3) is 11.5 Å². The lowest BCUT2D eigenvalue weighted by atomic mass is 10.1. The van der Waals surface area contributed by atoms with Crippen LogP contribution in [0.1, 0.15) is 28.4 Å². The molecule has 0 spiro atoms. The molecule has 148 valence electrons. The third kappa shape index (κ3) is 5.42. The predicted molar refractivity (Wildman–Crippen MR) is 109 cm³/mol. The minimum atomic E-state index is -1.03. The number of carbonyl (C=O) groups is 2. The Morgan fingerprint density at radius 2 is 1.45 bits per heavy atom. The number of nitrogens with one attached hydrogen (secondary N) is 1. The molecule has 1 amide bonds. The lowest BCUT2D eigenvalue weighted by molar-refractivity contribution is -0.141. The molecule has 29 heavy (non-hydrogen) atoms. The number of benzene rings is 2. The summed E-state index contributed by atoms with van der Waals surface area (Å²) in [6.45, 7) is 2.27. The van der Waals surface area contributed by atoms with E-state index < -0.39 is 17.6 Å². The van der Waals surface area contributed by atoms with Gasteiger partial charge in [-0.25, -0.2) is 4.79 Å². The van der Waals surface area contributed by atoms with Crippen LogP contribution in [0.15, 0.2) is 83.8 Å². The van der Waals surface area contributed by atoms with E-state index in [1.54, 1.807) is 4.90 Å². The van der Waals surface area contributed by atoms with Gasteiger partial charge in [-0.1, -0.05) is 60.7 Å². The van der Waals surface area contributed by atoms with E-state index in [0.29, 0.717) is 13.1 Å². The highest BCUT2D eigenvalue weighted by Crippen LogP contribution is 2.13. The first-order chi connectivity index (χ1) is 14.0.